The highest BCUT2D eigenvalue weighted by Crippen LogP contribution is 2.32. The summed E-state index contributed by atoms with van der Waals surface area (Å²) in [5.74, 6) is 1.52. The van der Waals surface area contributed by atoms with Crippen molar-refractivity contribution in [2.24, 2.45) is 0 Å². The molecule has 3 aromatic rings. The molecule has 110 valence electrons. The van der Waals surface area contributed by atoms with E-state index >= 15 is 0 Å². The van der Waals surface area contributed by atoms with Gasteiger partial charge in [-0.25, -0.2) is 0 Å². The van der Waals surface area contributed by atoms with Gasteiger partial charge in [0.05, 0.1) is 4.92 Å². The van der Waals surface area contributed by atoms with Gasteiger partial charge in [0.25, 0.3) is 0 Å². The van der Waals surface area contributed by atoms with Gasteiger partial charge in [-0.1, -0.05) is 29.4 Å². The summed E-state index contributed by atoms with van der Waals surface area (Å²) >= 11 is 0. The van der Waals surface area contributed by atoms with Crippen LogP contribution in [0, 0.1) is 17.0 Å². The Balaban J connectivity index is 1.92. The van der Waals surface area contributed by atoms with Gasteiger partial charge in [-0.15, -0.1) is 0 Å². The van der Waals surface area contributed by atoms with Crippen molar-refractivity contribution in [3.63, 3.8) is 0 Å². The summed E-state index contributed by atoms with van der Waals surface area (Å²) in [7, 11) is 0. The highest BCUT2D eigenvalue weighted by molar-refractivity contribution is 5.58. The van der Waals surface area contributed by atoms with E-state index in [1.165, 1.54) is 6.07 Å². The fraction of sp³-hybridized carbons (Fsp3) is 0.0667. The summed E-state index contributed by atoms with van der Waals surface area (Å²) in [6.07, 6.45) is 0. The van der Waals surface area contributed by atoms with Crippen molar-refractivity contribution in [2.45, 2.75) is 6.92 Å². The standard InChI is InChI=1S/C15H11N3O4/c1-10-16-15(17-22-10)11-5-4-6-12(9-11)21-14-8-3-2-7-13(14)18(19)20/h2-9H,1H3. The highest BCUT2D eigenvalue weighted by Gasteiger charge is 2.15. The Morgan fingerprint density at radius 3 is 2.73 bits per heavy atom. The first-order valence-electron chi connectivity index (χ1n) is 6.45. The van der Waals surface area contributed by atoms with E-state index in [1.807, 2.05) is 0 Å². The normalized spacial score (nSPS) is 10.4. The van der Waals surface area contributed by atoms with Crippen molar-refractivity contribution in [3.05, 3.63) is 64.5 Å². The van der Waals surface area contributed by atoms with Crippen LogP contribution in [0.25, 0.3) is 11.4 Å². The lowest BCUT2D eigenvalue weighted by Gasteiger charge is -2.06. The van der Waals surface area contributed by atoms with Gasteiger partial charge in [0, 0.05) is 18.6 Å². The number of benzene rings is 2. The molecule has 0 bridgehead atoms. The molecule has 0 radical (unpaired) electrons. The summed E-state index contributed by atoms with van der Waals surface area (Å²) in [4.78, 5) is 14.6. The topological polar surface area (TPSA) is 91.3 Å². The molecule has 0 spiro atoms. The number of rotatable bonds is 4. The predicted molar refractivity (Wildman–Crippen MR) is 77.6 cm³/mol. The van der Waals surface area contributed by atoms with E-state index in [4.69, 9.17) is 9.26 Å². The molecule has 1 heterocycles. The molecule has 0 aliphatic rings. The van der Waals surface area contributed by atoms with Crippen LogP contribution in [-0.4, -0.2) is 15.1 Å². The third kappa shape index (κ3) is 2.78. The molecule has 0 saturated carbocycles. The molecule has 7 nitrogen and oxygen atoms in total. The highest BCUT2D eigenvalue weighted by atomic mass is 16.6. The molecule has 0 amide bonds. The van der Waals surface area contributed by atoms with Gasteiger partial charge in [0.15, 0.2) is 0 Å². The zero-order valence-corrected chi connectivity index (χ0v) is 11.6. The molecular weight excluding hydrogens is 286 g/mol. The number of nitro groups is 1. The Labute approximate surface area is 125 Å². The van der Waals surface area contributed by atoms with Gasteiger partial charge in [-0.2, -0.15) is 4.98 Å². The van der Waals surface area contributed by atoms with Gasteiger partial charge in [-0.05, 0) is 18.2 Å². The van der Waals surface area contributed by atoms with Crippen molar-refractivity contribution < 1.29 is 14.2 Å². The Morgan fingerprint density at radius 1 is 1.18 bits per heavy atom. The number of aryl methyl sites for hydroxylation is 1. The van der Waals surface area contributed by atoms with E-state index in [-0.39, 0.29) is 11.4 Å². The first kappa shape index (κ1) is 13.7. The minimum atomic E-state index is -0.484. The Morgan fingerprint density at radius 2 is 2.00 bits per heavy atom. The SMILES string of the molecule is Cc1nc(-c2cccc(Oc3ccccc3[N+](=O)[O-])c2)no1. The maximum Gasteiger partial charge on any atom is 0.311 e. The van der Waals surface area contributed by atoms with Crippen molar-refractivity contribution >= 4 is 5.69 Å². The van der Waals surface area contributed by atoms with E-state index in [1.54, 1.807) is 49.4 Å². The van der Waals surface area contributed by atoms with Gasteiger partial charge >= 0.3 is 5.69 Å². The molecule has 0 atom stereocenters. The van der Waals surface area contributed by atoms with E-state index in [0.717, 1.165) is 0 Å². The maximum absolute atomic E-state index is 11.0. The monoisotopic (exact) mass is 297 g/mol. The van der Waals surface area contributed by atoms with Crippen LogP contribution >= 0.6 is 0 Å². The molecule has 0 saturated heterocycles. The molecule has 0 aliphatic heterocycles. The summed E-state index contributed by atoms with van der Waals surface area (Å²) < 4.78 is 10.5. The van der Waals surface area contributed by atoms with Gasteiger partial charge < -0.3 is 9.26 Å². The molecule has 0 unspecified atom stereocenters. The van der Waals surface area contributed by atoms with Crippen molar-refractivity contribution in [1.82, 2.24) is 10.1 Å². The predicted octanol–water partition coefficient (Wildman–Crippen LogP) is 3.75. The lowest BCUT2D eigenvalue weighted by Crippen LogP contribution is -1.93. The van der Waals surface area contributed by atoms with E-state index in [9.17, 15) is 10.1 Å². The number of ether oxygens (including phenoxy) is 1. The van der Waals surface area contributed by atoms with Crippen molar-refractivity contribution in [1.29, 1.82) is 0 Å². The molecule has 22 heavy (non-hydrogen) atoms. The number of para-hydroxylation sites is 2. The lowest BCUT2D eigenvalue weighted by molar-refractivity contribution is -0.385. The average molecular weight is 297 g/mol. The van der Waals surface area contributed by atoms with E-state index in [0.29, 0.717) is 23.0 Å². The van der Waals surface area contributed by atoms with Crippen LogP contribution < -0.4 is 4.74 Å². The van der Waals surface area contributed by atoms with Crippen LogP contribution in [0.3, 0.4) is 0 Å². The number of hydrogen-bond donors (Lipinski definition) is 0. The second kappa shape index (κ2) is 5.65. The zero-order valence-electron chi connectivity index (χ0n) is 11.6. The third-order valence-electron chi connectivity index (χ3n) is 2.91. The molecular formula is C15H11N3O4. The van der Waals surface area contributed by atoms with E-state index < -0.39 is 4.92 Å². The smallest absolute Gasteiger partial charge is 0.311 e. The second-order valence-corrected chi connectivity index (χ2v) is 4.49. The Bertz CT molecular complexity index is 829. The first-order chi connectivity index (χ1) is 10.6. The fourth-order valence-corrected chi connectivity index (χ4v) is 1.94. The number of nitro benzene ring substituents is 1. The van der Waals surface area contributed by atoms with Gasteiger partial charge in [0.2, 0.25) is 17.5 Å². The fourth-order valence-electron chi connectivity index (χ4n) is 1.94. The quantitative estimate of drug-likeness (QED) is 0.538. The van der Waals surface area contributed by atoms with Crippen LogP contribution in [0.1, 0.15) is 5.89 Å². The minimum Gasteiger partial charge on any atom is -0.450 e. The maximum atomic E-state index is 11.0. The van der Waals surface area contributed by atoms with Crippen LogP contribution in [0.5, 0.6) is 11.5 Å². The first-order valence-corrected chi connectivity index (χ1v) is 6.45. The van der Waals surface area contributed by atoms with Gasteiger partial charge in [0.1, 0.15) is 5.75 Å². The molecule has 0 aliphatic carbocycles. The molecule has 1 aromatic heterocycles. The van der Waals surface area contributed by atoms with Crippen molar-refractivity contribution in [2.75, 3.05) is 0 Å². The molecule has 2 aromatic carbocycles. The van der Waals surface area contributed by atoms with Crippen LogP contribution in [-0.2, 0) is 0 Å². The summed E-state index contributed by atoms with van der Waals surface area (Å²) in [5.41, 5.74) is 0.608. The van der Waals surface area contributed by atoms with E-state index in [2.05, 4.69) is 10.1 Å². The van der Waals surface area contributed by atoms with Crippen LogP contribution in [0.2, 0.25) is 0 Å². The molecule has 0 N–H and O–H groups in total. The Hall–Kier alpha value is -3.22. The number of nitrogens with zero attached hydrogens (tertiary/aromatic N) is 3. The van der Waals surface area contributed by atoms with Crippen LogP contribution in [0.15, 0.2) is 53.1 Å². The van der Waals surface area contributed by atoms with Crippen LogP contribution in [0.4, 0.5) is 5.69 Å². The summed E-state index contributed by atoms with van der Waals surface area (Å²) in [5, 5.41) is 14.8. The molecule has 3 rings (SSSR count). The van der Waals surface area contributed by atoms with Gasteiger partial charge in [-0.3, -0.25) is 10.1 Å². The average Bonchev–Trinajstić information content (AvgIpc) is 2.94. The minimum absolute atomic E-state index is 0.0942. The largest absolute Gasteiger partial charge is 0.450 e. The number of aromatic nitrogens is 2. The zero-order chi connectivity index (χ0) is 15.5. The molecule has 0 fully saturated rings. The lowest BCUT2D eigenvalue weighted by atomic mass is 10.2. The number of hydrogen-bond acceptors (Lipinski definition) is 6. The third-order valence-corrected chi connectivity index (χ3v) is 2.91. The van der Waals surface area contributed by atoms with Crippen molar-refractivity contribution in [3.8, 4) is 22.9 Å². The second-order valence-electron chi connectivity index (χ2n) is 4.49. The molecule has 7 heteroatoms. The summed E-state index contributed by atoms with van der Waals surface area (Å²) in [6.45, 7) is 1.70. The summed E-state index contributed by atoms with van der Waals surface area (Å²) in [6, 6.07) is 13.2. The Kier molecular flexibility index (Phi) is 3.53.